The van der Waals surface area contributed by atoms with Crippen molar-refractivity contribution in [2.75, 3.05) is 72.2 Å². The van der Waals surface area contributed by atoms with Crippen molar-refractivity contribution in [3.05, 3.63) is 79.9 Å². The second-order valence-corrected chi connectivity index (χ2v) is 49.0. The van der Waals surface area contributed by atoms with Crippen LogP contribution in [0.5, 0.6) is 0 Å². The van der Waals surface area contributed by atoms with Crippen LogP contribution in [0.1, 0.15) is 246 Å². The third-order valence-electron chi connectivity index (χ3n) is 16.1. The van der Waals surface area contributed by atoms with Crippen LogP contribution in [0.4, 0.5) is 0 Å². The lowest BCUT2D eigenvalue weighted by Crippen LogP contribution is -2.31. The van der Waals surface area contributed by atoms with E-state index in [1.165, 1.54) is 303 Å². The third kappa shape index (κ3) is 36.4. The van der Waals surface area contributed by atoms with Crippen molar-refractivity contribution in [3.63, 3.8) is 0 Å². The highest BCUT2D eigenvalue weighted by Gasteiger charge is 2.34. The molecule has 4 N–H and O–H groups in total. The highest BCUT2D eigenvalue weighted by Crippen LogP contribution is 2.68. The zero-order chi connectivity index (χ0) is 70.5. The van der Waals surface area contributed by atoms with E-state index in [-0.39, 0.29) is 35.1 Å². The van der Waals surface area contributed by atoms with Crippen LogP contribution in [0.15, 0.2) is 79.9 Å². The molecule has 7 rings (SSSR count). The highest BCUT2D eigenvalue weighted by molar-refractivity contribution is 8.46. The summed E-state index contributed by atoms with van der Waals surface area (Å²) in [4.78, 5) is 55.2. The Balaban J connectivity index is 0.791. The molecule has 0 saturated heterocycles. The number of thioether (sulfide) groups is 20. The number of rotatable bonds is 56. The molecular weight excluding hydrogens is 1630 g/mol. The molecule has 0 bridgehead atoms. The summed E-state index contributed by atoms with van der Waals surface area (Å²) in [6, 6.07) is 0. The standard InChI is InChI=1S/C72H110N4O4S20/c1-5-9-13-17-21-25-29-33-43-81-59-60(82-44-34-30-26-22-18-14-10-6-2)94-69(93-59)67-87-49-53(91-67)57(79)75-41-37-39-73-55(77)51-89-65-66(100-72(99-65)71-97-63-64(98-71)86-48-47-85-63)90-52-56(78)74-40-38-42-76-58(80)54-50-88-68(92-54)70-95-61(83-45-35-31-27-23-19-15-11-7-3)62(96-70)84-46-36-32-28-24-20-16-12-8-4/h49-50H,5-48,51-52H2,1-4H3,(H,73,77)(H,74,78)(H,75,79)(H,76,80). The molecule has 8 nitrogen and oxygen atoms in total. The first-order valence-corrected chi connectivity index (χ1v) is 54.8. The van der Waals surface area contributed by atoms with E-state index in [4.69, 9.17) is 0 Å². The van der Waals surface area contributed by atoms with Crippen LogP contribution in [0.3, 0.4) is 0 Å². The van der Waals surface area contributed by atoms with Gasteiger partial charge in [-0.15, -0.1) is 94.1 Å². The van der Waals surface area contributed by atoms with Crippen LogP contribution < -0.4 is 21.3 Å². The fraction of sp³-hybridized carbons (Fsp3) is 0.694. The molecule has 100 heavy (non-hydrogen) atoms. The molecule has 28 heteroatoms. The van der Waals surface area contributed by atoms with Gasteiger partial charge in [-0.25, -0.2) is 0 Å². The van der Waals surface area contributed by atoms with E-state index < -0.39 is 0 Å². The summed E-state index contributed by atoms with van der Waals surface area (Å²) in [5.74, 6) is 7.27. The molecule has 7 aliphatic rings. The lowest BCUT2D eigenvalue weighted by atomic mass is 10.1. The molecule has 0 aliphatic carbocycles. The Bertz CT molecular complexity index is 2600. The molecule has 0 radical (unpaired) electrons. The molecule has 0 aromatic carbocycles. The summed E-state index contributed by atoms with van der Waals surface area (Å²) < 4.78 is 18.3. The fourth-order valence-corrected chi connectivity index (χ4v) is 39.2. The maximum atomic E-state index is 13.5. The second kappa shape index (κ2) is 56.7. The first-order chi connectivity index (χ1) is 49.2. The maximum absolute atomic E-state index is 13.5. The summed E-state index contributed by atoms with van der Waals surface area (Å²) in [5.41, 5.74) is 0. The largest absolute Gasteiger partial charge is 0.355 e. The zero-order valence-corrected chi connectivity index (χ0v) is 75.8. The van der Waals surface area contributed by atoms with Gasteiger partial charge in [0.05, 0.1) is 80.6 Å². The minimum atomic E-state index is -0.0522. The van der Waals surface area contributed by atoms with E-state index in [1.54, 1.807) is 70.6 Å². The average molecular weight is 1740 g/mol. The number of nitrogens with one attached hydrogen (secondary N) is 4. The van der Waals surface area contributed by atoms with E-state index in [2.05, 4.69) is 49.0 Å². The number of hydrogen-bond donors (Lipinski definition) is 4. The molecule has 0 atom stereocenters. The summed E-state index contributed by atoms with van der Waals surface area (Å²) in [7, 11) is 0. The second-order valence-electron chi connectivity index (χ2n) is 24.7. The molecule has 0 aromatic heterocycles. The zero-order valence-electron chi connectivity index (χ0n) is 59.5. The molecule has 0 saturated carbocycles. The van der Waals surface area contributed by atoms with Gasteiger partial charge in [-0.1, -0.05) is 349 Å². The van der Waals surface area contributed by atoms with Crippen LogP contribution in [-0.4, -0.2) is 95.8 Å². The number of amides is 4. The normalized spacial score (nSPS) is 17.2. The number of hydrogen-bond acceptors (Lipinski definition) is 24. The van der Waals surface area contributed by atoms with Crippen molar-refractivity contribution < 1.29 is 19.2 Å². The van der Waals surface area contributed by atoms with Crippen LogP contribution in [0, 0.1) is 0 Å². The Hall–Kier alpha value is 2.54. The van der Waals surface area contributed by atoms with Gasteiger partial charge >= 0.3 is 0 Å². The first kappa shape index (κ1) is 89.7. The molecule has 4 amide bonds. The van der Waals surface area contributed by atoms with Crippen molar-refractivity contribution in [2.24, 2.45) is 0 Å². The van der Waals surface area contributed by atoms with Gasteiger partial charge in [0.2, 0.25) is 11.8 Å². The van der Waals surface area contributed by atoms with Gasteiger partial charge in [0, 0.05) is 37.7 Å². The van der Waals surface area contributed by atoms with Crippen LogP contribution in [0.2, 0.25) is 0 Å². The third-order valence-corrected chi connectivity index (χ3v) is 45.1. The molecule has 0 spiro atoms. The Kier molecular flexibility index (Phi) is 50.9. The van der Waals surface area contributed by atoms with Crippen molar-refractivity contribution >= 4 is 259 Å². The SMILES string of the molecule is CCCCCCCCCCSC1=C(SCCCCCCCCCC)SC(=C2SC=C(C(=O)NCCCNC(=O)CSC3=C(SCC(=O)NCCCNC(=O)C4=CSC(=C5SC(SCCCCCCCCCC)=C(SCCCCCCCCCC)S5)S4)SC(=C4SC5=C(SCCS5)S4)S3)S2)S1. The Morgan fingerprint density at radius 1 is 0.290 bits per heavy atom. The lowest BCUT2D eigenvalue weighted by Gasteiger charge is -2.09. The quantitative estimate of drug-likeness (QED) is 0.0433. The van der Waals surface area contributed by atoms with Crippen LogP contribution in [0.25, 0.3) is 0 Å². The van der Waals surface area contributed by atoms with E-state index >= 15 is 0 Å². The van der Waals surface area contributed by atoms with Gasteiger partial charge in [-0.2, -0.15) is 0 Å². The van der Waals surface area contributed by atoms with Crippen LogP contribution in [-0.2, 0) is 19.2 Å². The molecule has 7 aliphatic heterocycles. The van der Waals surface area contributed by atoms with Gasteiger partial charge < -0.3 is 21.3 Å². The van der Waals surface area contributed by atoms with Crippen molar-refractivity contribution in [1.82, 2.24) is 21.3 Å². The Labute approximate surface area is 689 Å². The van der Waals surface area contributed by atoms with Gasteiger partial charge in [-0.3, -0.25) is 19.2 Å². The first-order valence-electron chi connectivity index (χ1n) is 37.0. The average Bonchev–Trinajstić information content (AvgIpc) is 1.68. The highest BCUT2D eigenvalue weighted by atomic mass is 32.3. The Morgan fingerprint density at radius 2 is 0.550 bits per heavy atom. The topological polar surface area (TPSA) is 116 Å². The Morgan fingerprint density at radius 3 is 0.860 bits per heavy atom. The van der Waals surface area contributed by atoms with Gasteiger partial charge in [0.25, 0.3) is 11.8 Å². The fourth-order valence-electron chi connectivity index (χ4n) is 10.5. The smallest absolute Gasteiger partial charge is 0.258 e. The minimum absolute atomic E-state index is 0.0462. The van der Waals surface area contributed by atoms with Crippen LogP contribution >= 0.6 is 235 Å². The van der Waals surface area contributed by atoms with Gasteiger partial charge in [0.1, 0.15) is 0 Å². The van der Waals surface area contributed by atoms with E-state index in [9.17, 15) is 19.2 Å². The summed E-state index contributed by atoms with van der Waals surface area (Å²) in [6.07, 6.45) is 44.2. The number of carbonyl (C=O) groups is 4. The van der Waals surface area contributed by atoms with Crippen molar-refractivity contribution in [2.45, 2.75) is 246 Å². The number of unbranched alkanes of at least 4 members (excludes halogenated alkanes) is 28. The summed E-state index contributed by atoms with van der Waals surface area (Å²) >= 11 is 36.6. The predicted octanol–water partition coefficient (Wildman–Crippen LogP) is 28.1. The maximum Gasteiger partial charge on any atom is 0.258 e. The van der Waals surface area contributed by atoms with Gasteiger partial charge in [-0.05, 0) is 72.4 Å². The van der Waals surface area contributed by atoms with E-state index in [0.29, 0.717) is 39.0 Å². The number of carbonyl (C=O) groups excluding carboxylic acids is 4. The molecule has 7 heterocycles. The van der Waals surface area contributed by atoms with Crippen molar-refractivity contribution in [3.8, 4) is 0 Å². The molecular formula is C72H110N4O4S20. The van der Waals surface area contributed by atoms with E-state index in [1.807, 2.05) is 152 Å². The molecule has 0 aromatic rings. The predicted molar refractivity (Wildman–Crippen MR) is 488 cm³/mol. The monoisotopic (exact) mass is 1730 g/mol. The lowest BCUT2D eigenvalue weighted by molar-refractivity contribution is -0.119. The summed E-state index contributed by atoms with van der Waals surface area (Å²) in [6.45, 7) is 11.1. The minimum Gasteiger partial charge on any atom is -0.355 e. The van der Waals surface area contributed by atoms with Crippen molar-refractivity contribution in [1.29, 1.82) is 0 Å². The van der Waals surface area contributed by atoms with E-state index in [0.717, 1.165) is 29.8 Å². The molecule has 0 unspecified atom stereocenters. The molecule has 562 valence electrons. The van der Waals surface area contributed by atoms with Gasteiger partial charge in [0.15, 0.2) is 0 Å². The molecule has 0 fully saturated rings. The summed E-state index contributed by atoms with van der Waals surface area (Å²) in [5, 5.41) is 16.5.